The molecule has 8 nitrogen and oxygen atoms in total. The molecule has 31 heavy (non-hydrogen) atoms. The van der Waals surface area contributed by atoms with Gasteiger partial charge in [-0.25, -0.2) is 0 Å². The summed E-state index contributed by atoms with van der Waals surface area (Å²) in [7, 11) is 3.81. The quantitative estimate of drug-likeness (QED) is 0.241. The number of Topliss-reactive ketones (excluding diaryl/α,β-unsaturated/α-hetero) is 1. The summed E-state index contributed by atoms with van der Waals surface area (Å²) in [4.78, 5) is 39.9. The van der Waals surface area contributed by atoms with Gasteiger partial charge in [0.05, 0.1) is 16.5 Å². The van der Waals surface area contributed by atoms with E-state index in [1.165, 1.54) is 23.1 Å². The first kappa shape index (κ1) is 22.2. The Hall–Kier alpha value is -3.52. The van der Waals surface area contributed by atoms with Crippen LogP contribution < -0.4 is 0 Å². The maximum absolute atomic E-state index is 12.9. The highest BCUT2D eigenvalue weighted by atomic mass is 16.6. The number of likely N-dealkylation sites (tertiary alicyclic amines) is 1. The normalized spacial score (nSPS) is 18.1. The first-order valence-corrected chi connectivity index (χ1v) is 9.95. The van der Waals surface area contributed by atoms with E-state index in [0.717, 1.165) is 5.56 Å². The number of aliphatic hydroxyl groups is 1. The van der Waals surface area contributed by atoms with Crippen LogP contribution in [0.4, 0.5) is 5.69 Å². The van der Waals surface area contributed by atoms with Crippen LogP contribution in [0.25, 0.3) is 5.76 Å². The van der Waals surface area contributed by atoms with E-state index in [-0.39, 0.29) is 23.6 Å². The van der Waals surface area contributed by atoms with Crippen molar-refractivity contribution in [2.24, 2.45) is 0 Å². The van der Waals surface area contributed by atoms with E-state index < -0.39 is 22.7 Å². The lowest BCUT2D eigenvalue weighted by Crippen LogP contribution is -2.32. The molecule has 0 radical (unpaired) electrons. The Labute approximate surface area is 180 Å². The molecule has 2 aromatic carbocycles. The molecule has 2 aromatic rings. The van der Waals surface area contributed by atoms with Crippen LogP contribution >= 0.6 is 0 Å². The first-order valence-electron chi connectivity index (χ1n) is 9.95. The third-order valence-electron chi connectivity index (χ3n) is 5.27. The molecule has 0 saturated carbocycles. The fourth-order valence-electron chi connectivity index (χ4n) is 3.69. The zero-order chi connectivity index (χ0) is 22.7. The maximum atomic E-state index is 12.9. The molecular weight excluding hydrogens is 398 g/mol. The Kier molecular flexibility index (Phi) is 6.50. The molecule has 0 aliphatic carbocycles. The van der Waals surface area contributed by atoms with Crippen LogP contribution in [0.3, 0.4) is 0 Å². The predicted molar refractivity (Wildman–Crippen MR) is 116 cm³/mol. The van der Waals surface area contributed by atoms with Crippen molar-refractivity contribution in [2.45, 2.75) is 19.4 Å². The van der Waals surface area contributed by atoms with Crippen LogP contribution in [0.5, 0.6) is 0 Å². The van der Waals surface area contributed by atoms with E-state index in [4.69, 9.17) is 0 Å². The number of carbonyl (C=O) groups excluding carboxylic acids is 2. The second kappa shape index (κ2) is 9.09. The molecule has 0 aromatic heterocycles. The van der Waals surface area contributed by atoms with Crippen molar-refractivity contribution < 1.29 is 19.6 Å². The minimum absolute atomic E-state index is 0.0563. The number of hydrogen-bond acceptors (Lipinski definition) is 6. The van der Waals surface area contributed by atoms with Gasteiger partial charge in [0.15, 0.2) is 0 Å². The van der Waals surface area contributed by atoms with Gasteiger partial charge in [0.1, 0.15) is 5.76 Å². The Bertz CT molecular complexity index is 1040. The molecule has 1 fully saturated rings. The van der Waals surface area contributed by atoms with Crippen LogP contribution in [0.1, 0.15) is 29.2 Å². The molecule has 1 saturated heterocycles. The average molecular weight is 423 g/mol. The average Bonchev–Trinajstić information content (AvgIpc) is 2.98. The van der Waals surface area contributed by atoms with Gasteiger partial charge in [0, 0.05) is 24.2 Å². The van der Waals surface area contributed by atoms with E-state index in [2.05, 4.69) is 0 Å². The summed E-state index contributed by atoms with van der Waals surface area (Å²) >= 11 is 0. The molecule has 8 heteroatoms. The van der Waals surface area contributed by atoms with Crippen LogP contribution in [0.2, 0.25) is 0 Å². The number of ketones is 1. The van der Waals surface area contributed by atoms with E-state index >= 15 is 0 Å². The van der Waals surface area contributed by atoms with E-state index in [1.807, 2.05) is 25.9 Å². The molecule has 162 valence electrons. The zero-order valence-corrected chi connectivity index (χ0v) is 17.7. The molecule has 1 unspecified atom stereocenters. The van der Waals surface area contributed by atoms with E-state index in [9.17, 15) is 24.8 Å². The van der Waals surface area contributed by atoms with Gasteiger partial charge in [-0.2, -0.15) is 0 Å². The minimum Gasteiger partial charge on any atom is -0.507 e. The number of non-ortho nitro benzene ring substituents is 1. The van der Waals surface area contributed by atoms with Crippen molar-refractivity contribution >= 4 is 23.1 Å². The van der Waals surface area contributed by atoms with Crippen LogP contribution in [-0.4, -0.2) is 58.7 Å². The highest BCUT2D eigenvalue weighted by Crippen LogP contribution is 2.40. The number of carbonyl (C=O) groups is 2. The van der Waals surface area contributed by atoms with Gasteiger partial charge in [-0.1, -0.05) is 42.0 Å². The number of amides is 1. The number of rotatable bonds is 7. The monoisotopic (exact) mass is 423 g/mol. The number of nitro benzene ring substituents is 1. The Morgan fingerprint density at radius 1 is 1.16 bits per heavy atom. The molecule has 1 atom stereocenters. The van der Waals surface area contributed by atoms with Crippen molar-refractivity contribution in [3.05, 3.63) is 80.9 Å². The molecule has 1 aliphatic heterocycles. The van der Waals surface area contributed by atoms with Gasteiger partial charge in [-0.15, -0.1) is 0 Å². The SMILES string of the molecule is Cc1ccc(C(O)=C2C(=O)C(=O)N(CCCN(C)C)C2c2cccc([N+](=O)[O-])c2)cc1. The summed E-state index contributed by atoms with van der Waals surface area (Å²) in [5.74, 6) is -1.80. The summed E-state index contributed by atoms with van der Waals surface area (Å²) in [5, 5.41) is 22.3. The fraction of sp³-hybridized carbons (Fsp3) is 0.304. The number of nitrogens with zero attached hydrogens (tertiary/aromatic N) is 3. The number of hydrogen-bond donors (Lipinski definition) is 1. The van der Waals surface area contributed by atoms with Gasteiger partial charge < -0.3 is 14.9 Å². The number of nitro groups is 1. The van der Waals surface area contributed by atoms with Gasteiger partial charge in [-0.05, 0) is 39.5 Å². The molecule has 3 rings (SSSR count). The van der Waals surface area contributed by atoms with Crippen molar-refractivity contribution in [3.8, 4) is 0 Å². The number of aryl methyl sites for hydroxylation is 1. The molecule has 1 aliphatic rings. The Morgan fingerprint density at radius 3 is 2.45 bits per heavy atom. The molecule has 1 heterocycles. The fourth-order valence-corrected chi connectivity index (χ4v) is 3.69. The number of aliphatic hydroxyl groups excluding tert-OH is 1. The van der Waals surface area contributed by atoms with Crippen LogP contribution in [-0.2, 0) is 9.59 Å². The van der Waals surface area contributed by atoms with Gasteiger partial charge >= 0.3 is 0 Å². The lowest BCUT2D eigenvalue weighted by molar-refractivity contribution is -0.384. The first-order chi connectivity index (χ1) is 14.7. The molecule has 0 bridgehead atoms. The van der Waals surface area contributed by atoms with Crippen LogP contribution in [0, 0.1) is 17.0 Å². The molecule has 0 spiro atoms. The van der Waals surface area contributed by atoms with E-state index in [0.29, 0.717) is 24.1 Å². The second-order valence-electron chi connectivity index (χ2n) is 7.87. The molecule has 1 N–H and O–H groups in total. The summed E-state index contributed by atoms with van der Waals surface area (Å²) in [6.07, 6.45) is 0.607. The van der Waals surface area contributed by atoms with Crippen LogP contribution in [0.15, 0.2) is 54.1 Å². The van der Waals surface area contributed by atoms with Gasteiger partial charge in [-0.3, -0.25) is 19.7 Å². The lowest BCUT2D eigenvalue weighted by atomic mass is 9.94. The van der Waals surface area contributed by atoms with Crippen molar-refractivity contribution in [1.29, 1.82) is 0 Å². The highest BCUT2D eigenvalue weighted by molar-refractivity contribution is 6.46. The molecule has 1 amide bonds. The van der Waals surface area contributed by atoms with E-state index in [1.54, 1.807) is 30.3 Å². The Morgan fingerprint density at radius 2 is 1.84 bits per heavy atom. The summed E-state index contributed by atoms with van der Waals surface area (Å²) in [6, 6.07) is 11.9. The summed E-state index contributed by atoms with van der Waals surface area (Å²) in [5.41, 5.74) is 1.60. The third-order valence-corrected chi connectivity index (χ3v) is 5.27. The second-order valence-corrected chi connectivity index (χ2v) is 7.87. The summed E-state index contributed by atoms with van der Waals surface area (Å²) < 4.78 is 0. The largest absolute Gasteiger partial charge is 0.507 e. The minimum atomic E-state index is -0.900. The van der Waals surface area contributed by atoms with Crippen molar-refractivity contribution in [1.82, 2.24) is 9.80 Å². The third kappa shape index (κ3) is 4.64. The zero-order valence-electron chi connectivity index (χ0n) is 17.7. The topological polar surface area (TPSA) is 104 Å². The van der Waals surface area contributed by atoms with Gasteiger partial charge in [0.25, 0.3) is 17.4 Å². The Balaban J connectivity index is 2.13. The molecular formula is C23H25N3O5. The van der Waals surface area contributed by atoms with Crippen molar-refractivity contribution in [3.63, 3.8) is 0 Å². The predicted octanol–water partition coefficient (Wildman–Crippen LogP) is 3.28. The standard InChI is InChI=1S/C23H25N3O5/c1-15-8-10-16(11-9-15)21(27)19-20(17-6-4-7-18(14-17)26(30)31)25(23(29)22(19)28)13-5-12-24(2)3/h4,6-11,14,20,27H,5,12-13H2,1-3H3. The smallest absolute Gasteiger partial charge is 0.295 e. The highest BCUT2D eigenvalue weighted by Gasteiger charge is 2.46. The van der Waals surface area contributed by atoms with Gasteiger partial charge in [0.2, 0.25) is 0 Å². The lowest BCUT2D eigenvalue weighted by Gasteiger charge is -2.25. The van der Waals surface area contributed by atoms with Crippen molar-refractivity contribution in [2.75, 3.05) is 27.2 Å². The number of benzene rings is 2. The summed E-state index contributed by atoms with van der Waals surface area (Å²) in [6.45, 7) is 2.88. The maximum Gasteiger partial charge on any atom is 0.295 e.